The second kappa shape index (κ2) is 9.02. The minimum atomic E-state index is -0.345. The fourth-order valence-electron chi connectivity index (χ4n) is 1.78. The number of carbonyl (C=O) groups excluding carboxylic acids is 2. The van der Waals surface area contributed by atoms with Crippen molar-refractivity contribution in [2.24, 2.45) is 5.10 Å². The van der Waals surface area contributed by atoms with Gasteiger partial charge in [-0.1, -0.05) is 0 Å². The molecule has 0 heterocycles. The molecule has 0 aliphatic heterocycles. The van der Waals surface area contributed by atoms with Crippen LogP contribution in [-0.2, 0) is 9.59 Å². The van der Waals surface area contributed by atoms with Crippen molar-refractivity contribution >= 4 is 46.3 Å². The molecule has 0 atom stereocenters. The van der Waals surface area contributed by atoms with Gasteiger partial charge in [0, 0.05) is 22.1 Å². The van der Waals surface area contributed by atoms with Gasteiger partial charge in [-0.2, -0.15) is 5.10 Å². The van der Waals surface area contributed by atoms with Crippen molar-refractivity contribution in [1.29, 1.82) is 0 Å². The fourth-order valence-corrected chi connectivity index (χ4v) is 2.14. The lowest BCUT2D eigenvalue weighted by Crippen LogP contribution is -2.20. The highest BCUT2D eigenvalue weighted by atomic mass is 127. The maximum Gasteiger partial charge on any atom is 0.240 e. The Labute approximate surface area is 153 Å². The van der Waals surface area contributed by atoms with Gasteiger partial charge in [0.15, 0.2) is 0 Å². The smallest absolute Gasteiger partial charge is 0.240 e. The molecule has 2 amide bonds. The molecule has 2 aromatic carbocycles. The van der Waals surface area contributed by atoms with Crippen molar-refractivity contribution in [1.82, 2.24) is 5.43 Å². The second-order valence-corrected chi connectivity index (χ2v) is 6.19. The van der Waals surface area contributed by atoms with Gasteiger partial charge < -0.3 is 10.4 Å². The van der Waals surface area contributed by atoms with Crippen LogP contribution in [-0.4, -0.2) is 23.1 Å². The van der Waals surface area contributed by atoms with Gasteiger partial charge in [0.1, 0.15) is 5.75 Å². The third-order valence-corrected chi connectivity index (χ3v) is 3.72. The summed E-state index contributed by atoms with van der Waals surface area (Å²) in [4.78, 5) is 23.4. The van der Waals surface area contributed by atoms with E-state index in [1.165, 1.54) is 18.3 Å². The average Bonchev–Trinajstić information content (AvgIpc) is 2.57. The predicted octanol–water partition coefficient (Wildman–Crippen LogP) is 2.87. The number of benzene rings is 2. The molecule has 2 aromatic rings. The number of rotatable bonds is 6. The van der Waals surface area contributed by atoms with E-state index >= 15 is 0 Å². The molecule has 2 rings (SSSR count). The second-order valence-electron chi connectivity index (χ2n) is 4.94. The Balaban J connectivity index is 1.71. The molecule has 0 unspecified atom stereocenters. The van der Waals surface area contributed by atoms with Gasteiger partial charge in [-0.3, -0.25) is 9.59 Å². The van der Waals surface area contributed by atoms with E-state index in [1.54, 1.807) is 12.1 Å². The van der Waals surface area contributed by atoms with Crippen molar-refractivity contribution in [3.63, 3.8) is 0 Å². The minimum absolute atomic E-state index is 0.0448. The number of nitrogens with zero attached hydrogens (tertiary/aromatic N) is 1. The summed E-state index contributed by atoms with van der Waals surface area (Å²) in [6.45, 7) is 0. The van der Waals surface area contributed by atoms with E-state index in [0.717, 1.165) is 9.13 Å². The van der Waals surface area contributed by atoms with Crippen LogP contribution in [0.25, 0.3) is 0 Å². The van der Waals surface area contributed by atoms with Crippen LogP contribution >= 0.6 is 22.6 Å². The minimum Gasteiger partial charge on any atom is -0.508 e. The number of phenols is 1. The number of halogens is 1. The molecule has 3 N–H and O–H groups in total. The molecule has 0 radical (unpaired) electrons. The Hall–Kier alpha value is -2.42. The molecule has 0 saturated carbocycles. The number of aromatic hydroxyl groups is 1. The Morgan fingerprint density at radius 3 is 2.29 bits per heavy atom. The summed E-state index contributed by atoms with van der Waals surface area (Å²) in [5.74, 6) is -0.410. The van der Waals surface area contributed by atoms with E-state index < -0.39 is 0 Å². The van der Waals surface area contributed by atoms with Gasteiger partial charge in [-0.15, -0.1) is 0 Å². The number of anilines is 1. The van der Waals surface area contributed by atoms with Crippen LogP contribution in [0.2, 0.25) is 0 Å². The number of nitrogens with one attached hydrogen (secondary N) is 2. The highest BCUT2D eigenvalue weighted by molar-refractivity contribution is 14.1. The van der Waals surface area contributed by atoms with Gasteiger partial charge in [0.05, 0.1) is 6.21 Å². The quantitative estimate of drug-likeness (QED) is 0.369. The number of hydrogen-bond acceptors (Lipinski definition) is 4. The van der Waals surface area contributed by atoms with Gasteiger partial charge in [-0.05, 0) is 76.7 Å². The van der Waals surface area contributed by atoms with E-state index in [9.17, 15) is 9.59 Å². The first kappa shape index (κ1) is 17.9. The van der Waals surface area contributed by atoms with Crippen LogP contribution in [0.5, 0.6) is 5.75 Å². The number of phenolic OH excluding ortho intramolecular Hbond substituents is 1. The molecule has 0 saturated heterocycles. The zero-order chi connectivity index (χ0) is 17.4. The maximum atomic E-state index is 11.8. The molecule has 24 heavy (non-hydrogen) atoms. The first-order valence-corrected chi connectivity index (χ1v) is 8.27. The van der Waals surface area contributed by atoms with Crippen LogP contribution in [0.1, 0.15) is 18.4 Å². The first-order chi connectivity index (χ1) is 11.5. The summed E-state index contributed by atoms with van der Waals surface area (Å²) in [5.41, 5.74) is 3.80. The lowest BCUT2D eigenvalue weighted by molar-refractivity contribution is -0.124. The Morgan fingerprint density at radius 2 is 1.62 bits per heavy atom. The van der Waals surface area contributed by atoms with Crippen LogP contribution < -0.4 is 10.7 Å². The maximum absolute atomic E-state index is 11.8. The first-order valence-electron chi connectivity index (χ1n) is 7.19. The van der Waals surface area contributed by atoms with Gasteiger partial charge in [-0.25, -0.2) is 5.43 Å². The summed E-state index contributed by atoms with van der Waals surface area (Å²) in [6.07, 6.45) is 1.58. The lowest BCUT2D eigenvalue weighted by atomic mass is 10.2. The number of hydrogen-bond donors (Lipinski definition) is 3. The topological polar surface area (TPSA) is 90.8 Å². The van der Waals surface area contributed by atoms with E-state index in [0.29, 0.717) is 5.69 Å². The van der Waals surface area contributed by atoms with Crippen molar-refractivity contribution in [2.45, 2.75) is 12.8 Å². The zero-order valence-corrected chi connectivity index (χ0v) is 14.9. The predicted molar refractivity (Wildman–Crippen MR) is 101 cm³/mol. The van der Waals surface area contributed by atoms with Crippen molar-refractivity contribution in [3.8, 4) is 5.75 Å². The number of carbonyl (C=O) groups is 2. The standard InChI is InChI=1S/C17H16IN3O3/c18-13-3-5-14(6-4-13)20-16(23)9-10-17(24)21-19-11-12-1-7-15(22)8-2-12/h1-8,11,22H,9-10H2,(H,20,23)(H,21,24)/b19-11-. The van der Waals surface area contributed by atoms with Crippen LogP contribution in [0.3, 0.4) is 0 Å². The number of amides is 2. The summed E-state index contributed by atoms with van der Waals surface area (Å²) in [6, 6.07) is 13.8. The molecule has 7 heteroatoms. The summed E-state index contributed by atoms with van der Waals surface area (Å²) in [5, 5.41) is 15.7. The third-order valence-electron chi connectivity index (χ3n) is 3.00. The van der Waals surface area contributed by atoms with Crippen LogP contribution in [0, 0.1) is 3.57 Å². The molecule has 124 valence electrons. The largest absolute Gasteiger partial charge is 0.508 e. The van der Waals surface area contributed by atoms with E-state index in [1.807, 2.05) is 24.3 Å². The van der Waals surface area contributed by atoms with Crippen molar-refractivity contribution in [2.75, 3.05) is 5.32 Å². The summed E-state index contributed by atoms with van der Waals surface area (Å²) in [7, 11) is 0. The number of hydrazone groups is 1. The molecule has 0 spiro atoms. The van der Waals surface area contributed by atoms with Gasteiger partial charge in [0.25, 0.3) is 0 Å². The molecular formula is C17H16IN3O3. The van der Waals surface area contributed by atoms with E-state index in [4.69, 9.17) is 5.11 Å². The molecular weight excluding hydrogens is 421 g/mol. The lowest BCUT2D eigenvalue weighted by Gasteiger charge is -2.04. The van der Waals surface area contributed by atoms with Crippen LogP contribution in [0.15, 0.2) is 53.6 Å². The highest BCUT2D eigenvalue weighted by Crippen LogP contribution is 2.11. The molecule has 0 bridgehead atoms. The normalized spacial score (nSPS) is 10.5. The monoisotopic (exact) mass is 437 g/mol. The Morgan fingerprint density at radius 1 is 1.00 bits per heavy atom. The highest BCUT2D eigenvalue weighted by Gasteiger charge is 2.06. The van der Waals surface area contributed by atoms with Gasteiger partial charge in [0.2, 0.25) is 11.8 Å². The summed E-state index contributed by atoms with van der Waals surface area (Å²) >= 11 is 2.18. The van der Waals surface area contributed by atoms with E-state index in [2.05, 4.69) is 38.4 Å². The Kier molecular flexibility index (Phi) is 6.74. The molecule has 0 aromatic heterocycles. The average molecular weight is 437 g/mol. The van der Waals surface area contributed by atoms with Crippen LogP contribution in [0.4, 0.5) is 5.69 Å². The fraction of sp³-hybridized carbons (Fsp3) is 0.118. The molecule has 0 aliphatic carbocycles. The SMILES string of the molecule is O=C(CCC(=O)Nc1ccc(I)cc1)N/N=C\c1ccc(O)cc1. The van der Waals surface area contributed by atoms with Gasteiger partial charge >= 0.3 is 0 Å². The van der Waals surface area contributed by atoms with Crippen molar-refractivity contribution in [3.05, 3.63) is 57.7 Å². The molecule has 0 aliphatic rings. The summed E-state index contributed by atoms with van der Waals surface area (Å²) < 4.78 is 1.08. The molecule has 0 fully saturated rings. The van der Waals surface area contributed by atoms with E-state index in [-0.39, 0.29) is 30.4 Å². The van der Waals surface area contributed by atoms with Crippen molar-refractivity contribution < 1.29 is 14.7 Å². The molecule has 6 nitrogen and oxygen atoms in total. The third kappa shape index (κ3) is 6.37. The zero-order valence-electron chi connectivity index (χ0n) is 12.7. The Bertz CT molecular complexity index is 728.